The van der Waals surface area contributed by atoms with Gasteiger partial charge in [-0.25, -0.2) is 0 Å². The predicted octanol–water partition coefficient (Wildman–Crippen LogP) is 0.620. The van der Waals surface area contributed by atoms with Gasteiger partial charge in [0.15, 0.2) is 0 Å². The van der Waals surface area contributed by atoms with Gasteiger partial charge in [-0.3, -0.25) is 0 Å². The van der Waals surface area contributed by atoms with Gasteiger partial charge in [0.25, 0.3) is 0 Å². The summed E-state index contributed by atoms with van der Waals surface area (Å²) < 4.78 is 0. The number of rotatable bonds is 0. The first-order valence-electron chi connectivity index (χ1n) is 3.91. The van der Waals surface area contributed by atoms with E-state index in [1.54, 1.807) is 0 Å². The zero-order chi connectivity index (χ0) is 8.69. The van der Waals surface area contributed by atoms with E-state index in [-0.39, 0.29) is 18.9 Å². The summed E-state index contributed by atoms with van der Waals surface area (Å²) in [4.78, 5) is 0. The van der Waals surface area contributed by atoms with Crippen LogP contribution >= 0.6 is 0 Å². The zero-order valence-corrected chi connectivity index (χ0v) is 8.89. The molecule has 0 radical (unpaired) electrons. The molecule has 0 saturated heterocycles. The maximum absolute atomic E-state index is 2.08. The first kappa shape index (κ1) is 14.3. The monoisotopic (exact) mass is 156 g/mol. The summed E-state index contributed by atoms with van der Waals surface area (Å²) in [6, 6.07) is 10.3. The van der Waals surface area contributed by atoms with Gasteiger partial charge in [-0.1, -0.05) is 35.9 Å². The molecule has 0 aliphatic carbocycles. The second-order valence-electron chi connectivity index (χ2n) is 3.15. The Kier molecular flexibility index (Phi) is 10.7. The predicted molar refractivity (Wildman–Crippen MR) is 51.4 cm³/mol. The van der Waals surface area contributed by atoms with E-state index in [2.05, 4.69) is 39.8 Å². The summed E-state index contributed by atoms with van der Waals surface area (Å²) in [5.74, 6) is 1.42. The Morgan fingerprint density at radius 2 is 1.25 bits per heavy atom. The molecule has 0 atom stereocenters. The van der Waals surface area contributed by atoms with Crippen molar-refractivity contribution in [2.75, 3.05) is 0 Å². The van der Waals surface area contributed by atoms with Gasteiger partial charge < -0.3 is 5.92 Å². The molecule has 0 bridgehead atoms. The average Bonchev–Trinajstić information content (AvgIpc) is 1.87. The molecule has 62 valence electrons. The van der Waals surface area contributed by atoms with Crippen LogP contribution in [0.2, 0.25) is 0 Å². The van der Waals surface area contributed by atoms with Crippen LogP contribution in [0.1, 0.15) is 26.3 Å². The summed E-state index contributed by atoms with van der Waals surface area (Å²) in [6.45, 7) is 8.33. The molecule has 0 saturated carbocycles. The van der Waals surface area contributed by atoms with Crippen LogP contribution in [0.5, 0.6) is 0 Å². The molecule has 0 nitrogen and oxygen atoms in total. The van der Waals surface area contributed by atoms with E-state index in [4.69, 9.17) is 0 Å². The molecule has 0 unspecified atom stereocenters. The van der Waals surface area contributed by atoms with Gasteiger partial charge in [-0.2, -0.15) is 20.8 Å². The molecule has 0 aliphatic heterocycles. The Balaban J connectivity index is 0. The Hall–Kier alpha value is -0.183. The largest absolute Gasteiger partial charge is 1.00 e. The van der Waals surface area contributed by atoms with Crippen LogP contribution in [0.4, 0.5) is 0 Å². The molecule has 0 amide bonds. The first-order valence-corrected chi connectivity index (χ1v) is 3.91. The van der Waals surface area contributed by atoms with Crippen molar-refractivity contribution in [2.24, 2.45) is 0 Å². The van der Waals surface area contributed by atoms with Crippen molar-refractivity contribution in [3.05, 3.63) is 41.8 Å². The van der Waals surface area contributed by atoms with E-state index in [0.29, 0.717) is 0 Å². The van der Waals surface area contributed by atoms with Crippen molar-refractivity contribution >= 4 is 0 Å². The summed E-state index contributed by atoms with van der Waals surface area (Å²) in [6.07, 6.45) is 0. The van der Waals surface area contributed by atoms with E-state index in [1.807, 2.05) is 18.2 Å². The second-order valence-corrected chi connectivity index (χ2v) is 3.15. The Morgan fingerprint density at radius 3 is 1.42 bits per heavy atom. The maximum atomic E-state index is 2.08. The van der Waals surface area contributed by atoms with Gasteiger partial charge in [0.05, 0.1) is 0 Å². The van der Waals surface area contributed by atoms with Crippen molar-refractivity contribution in [1.29, 1.82) is 0 Å². The SMILES string of the molecule is C[C-](C)C.Cc1ccccc1.[Li+]. The third-order valence-electron chi connectivity index (χ3n) is 0.940. The first-order chi connectivity index (χ1) is 5.13. The molecule has 0 fully saturated rings. The third kappa shape index (κ3) is 12.5. The maximum Gasteiger partial charge on any atom is 1.00 e. The third-order valence-corrected chi connectivity index (χ3v) is 0.940. The van der Waals surface area contributed by atoms with Gasteiger partial charge in [-0.05, 0) is 6.92 Å². The zero-order valence-electron chi connectivity index (χ0n) is 8.89. The standard InChI is InChI=1S/C7H8.C4H9.Li/c1-7-5-3-2-4-6-7;1-4(2)3;/h2-6H,1H3;1-3H3;/q;-1;+1. The van der Waals surface area contributed by atoms with E-state index >= 15 is 0 Å². The van der Waals surface area contributed by atoms with Gasteiger partial charge in [0.1, 0.15) is 0 Å². The summed E-state index contributed by atoms with van der Waals surface area (Å²) in [5, 5.41) is 0. The summed E-state index contributed by atoms with van der Waals surface area (Å²) >= 11 is 0. The van der Waals surface area contributed by atoms with Crippen LogP contribution < -0.4 is 18.9 Å². The van der Waals surface area contributed by atoms with Gasteiger partial charge in [0.2, 0.25) is 0 Å². The molecule has 1 heteroatoms. The quantitative estimate of drug-likeness (QED) is 0.381. The minimum atomic E-state index is 0. The number of benzene rings is 1. The number of aryl methyl sites for hydroxylation is 1. The van der Waals surface area contributed by atoms with E-state index in [1.165, 1.54) is 11.5 Å². The van der Waals surface area contributed by atoms with Crippen LogP contribution in [-0.2, 0) is 0 Å². The Bertz CT molecular complexity index is 165. The fraction of sp³-hybridized carbons (Fsp3) is 0.364. The van der Waals surface area contributed by atoms with Crippen molar-refractivity contribution in [2.45, 2.75) is 27.7 Å². The van der Waals surface area contributed by atoms with Crippen LogP contribution in [0, 0.1) is 12.8 Å². The number of hydrogen-bond donors (Lipinski definition) is 0. The molecule has 0 heterocycles. The summed E-state index contributed by atoms with van der Waals surface area (Å²) in [5.41, 5.74) is 1.32. The van der Waals surface area contributed by atoms with Crippen LogP contribution in [-0.4, -0.2) is 0 Å². The molecule has 1 rings (SSSR count). The molecule has 0 aliphatic rings. The fourth-order valence-corrected chi connectivity index (χ4v) is 0.534. The smallest absolute Gasteiger partial charge is 0.323 e. The van der Waals surface area contributed by atoms with E-state index < -0.39 is 0 Å². The van der Waals surface area contributed by atoms with Crippen LogP contribution in [0.3, 0.4) is 0 Å². The van der Waals surface area contributed by atoms with Crippen molar-refractivity contribution in [1.82, 2.24) is 0 Å². The molecular weight excluding hydrogens is 139 g/mol. The van der Waals surface area contributed by atoms with Crippen LogP contribution in [0.15, 0.2) is 30.3 Å². The fourth-order valence-electron chi connectivity index (χ4n) is 0.534. The Labute approximate surface area is 88.6 Å². The summed E-state index contributed by atoms with van der Waals surface area (Å²) in [7, 11) is 0. The number of hydrogen-bond acceptors (Lipinski definition) is 0. The normalized spacial score (nSPS) is 8.08. The molecule has 12 heavy (non-hydrogen) atoms. The van der Waals surface area contributed by atoms with Gasteiger partial charge >= 0.3 is 18.9 Å². The van der Waals surface area contributed by atoms with Gasteiger partial charge in [-0.15, -0.1) is 0 Å². The molecule has 0 spiro atoms. The average molecular weight is 156 g/mol. The van der Waals surface area contributed by atoms with Gasteiger partial charge in [0, 0.05) is 0 Å². The topological polar surface area (TPSA) is 0 Å². The molecular formula is C11H17Li. The van der Waals surface area contributed by atoms with E-state index in [9.17, 15) is 0 Å². The minimum Gasteiger partial charge on any atom is -0.323 e. The van der Waals surface area contributed by atoms with Crippen molar-refractivity contribution < 1.29 is 18.9 Å². The molecule has 0 aromatic heterocycles. The van der Waals surface area contributed by atoms with Crippen molar-refractivity contribution in [3.8, 4) is 0 Å². The minimum absolute atomic E-state index is 0. The van der Waals surface area contributed by atoms with Crippen molar-refractivity contribution in [3.63, 3.8) is 0 Å². The molecule has 1 aromatic rings. The second kappa shape index (κ2) is 8.91. The molecule has 0 N–H and O–H groups in total. The Morgan fingerprint density at radius 1 is 0.917 bits per heavy atom. The molecule has 1 aromatic carbocycles. The van der Waals surface area contributed by atoms with E-state index in [0.717, 1.165) is 0 Å². The van der Waals surface area contributed by atoms with Crippen LogP contribution in [0.25, 0.3) is 0 Å².